The molecule has 0 saturated heterocycles. The van der Waals surface area contributed by atoms with Crippen molar-refractivity contribution in [3.05, 3.63) is 24.0 Å². The minimum atomic E-state index is -4.30. The Bertz CT molecular complexity index is 710. The Hall–Kier alpha value is -1.68. The van der Waals surface area contributed by atoms with Gasteiger partial charge in [-0.3, -0.25) is 9.52 Å². The lowest BCUT2D eigenvalue weighted by Crippen LogP contribution is -2.23. The summed E-state index contributed by atoms with van der Waals surface area (Å²) >= 11 is 0. The summed E-state index contributed by atoms with van der Waals surface area (Å²) in [5.41, 5.74) is -0.621. The molecule has 10 heteroatoms. The number of anilines is 1. The van der Waals surface area contributed by atoms with Crippen molar-refractivity contribution in [2.75, 3.05) is 16.7 Å². The van der Waals surface area contributed by atoms with Crippen LogP contribution < -0.4 is 4.72 Å². The second kappa shape index (κ2) is 5.13. The number of halogens is 1. The summed E-state index contributed by atoms with van der Waals surface area (Å²) < 4.78 is 60.2. The van der Waals surface area contributed by atoms with Gasteiger partial charge in [-0.05, 0) is 18.2 Å². The minimum Gasteiger partial charge on any atom is -0.480 e. The smallest absolute Gasteiger partial charge is 0.320 e. The second-order valence-corrected chi connectivity index (χ2v) is 7.41. The van der Waals surface area contributed by atoms with E-state index in [0.717, 1.165) is 24.5 Å². The van der Waals surface area contributed by atoms with Gasteiger partial charge in [-0.1, -0.05) is 0 Å². The Morgan fingerprint density at radius 3 is 2.37 bits per heavy atom. The predicted molar refractivity (Wildman–Crippen MR) is 64.6 cm³/mol. The van der Waals surface area contributed by atoms with E-state index in [9.17, 15) is 26.0 Å². The number of rotatable bonds is 5. The van der Waals surface area contributed by atoms with Gasteiger partial charge in [-0.2, -0.15) is 0 Å². The molecule has 1 rings (SSSR count). The standard InChI is InChI=1S/C9H10FNO6S2/c1-18(14,15)6-2-3-7(10)8(4-6)11-19(16,17)5-9(12)13/h2-4,11H,5H2,1H3,(H,12,13). The van der Waals surface area contributed by atoms with E-state index < -0.39 is 43.1 Å². The molecule has 0 radical (unpaired) electrons. The Kier molecular flexibility index (Phi) is 4.15. The number of sulfonamides is 1. The first-order valence-electron chi connectivity index (χ1n) is 4.73. The molecule has 0 atom stereocenters. The number of hydrogen-bond acceptors (Lipinski definition) is 5. The number of benzene rings is 1. The monoisotopic (exact) mass is 311 g/mol. The van der Waals surface area contributed by atoms with Gasteiger partial charge in [-0.15, -0.1) is 0 Å². The molecule has 1 aromatic carbocycles. The number of hydrogen-bond donors (Lipinski definition) is 2. The van der Waals surface area contributed by atoms with Crippen molar-refractivity contribution in [2.24, 2.45) is 0 Å². The molecule has 0 amide bonds. The lowest BCUT2D eigenvalue weighted by atomic mass is 10.3. The fourth-order valence-corrected chi connectivity index (χ4v) is 2.72. The van der Waals surface area contributed by atoms with Crippen molar-refractivity contribution in [3.63, 3.8) is 0 Å². The molecule has 0 spiro atoms. The third kappa shape index (κ3) is 4.48. The van der Waals surface area contributed by atoms with Crippen molar-refractivity contribution in [2.45, 2.75) is 4.90 Å². The highest BCUT2D eigenvalue weighted by Gasteiger charge is 2.19. The molecule has 0 aromatic heterocycles. The van der Waals surface area contributed by atoms with Crippen LogP contribution in [0.1, 0.15) is 0 Å². The molecule has 0 saturated carbocycles. The molecule has 2 N–H and O–H groups in total. The molecule has 0 aliphatic rings. The minimum absolute atomic E-state index is 0.290. The van der Waals surface area contributed by atoms with Gasteiger partial charge in [-0.25, -0.2) is 21.2 Å². The molecule has 0 fully saturated rings. The maximum absolute atomic E-state index is 13.4. The Morgan fingerprint density at radius 1 is 1.32 bits per heavy atom. The number of aliphatic carboxylic acids is 1. The molecule has 7 nitrogen and oxygen atoms in total. The van der Waals surface area contributed by atoms with Crippen molar-refractivity contribution in [1.82, 2.24) is 0 Å². The number of carbonyl (C=O) groups is 1. The molecule has 0 unspecified atom stereocenters. The van der Waals surface area contributed by atoms with Crippen molar-refractivity contribution in [3.8, 4) is 0 Å². The maximum Gasteiger partial charge on any atom is 0.320 e. The van der Waals surface area contributed by atoms with E-state index in [-0.39, 0.29) is 4.90 Å². The van der Waals surface area contributed by atoms with E-state index in [1.165, 1.54) is 0 Å². The summed E-state index contributed by atoms with van der Waals surface area (Å²) in [6, 6.07) is 2.53. The first-order chi connectivity index (χ1) is 8.51. The highest BCUT2D eigenvalue weighted by molar-refractivity contribution is 7.93. The molecule has 0 heterocycles. The number of carboxylic acids is 1. The first-order valence-corrected chi connectivity index (χ1v) is 8.27. The Labute approximate surface area is 109 Å². The molecule has 106 valence electrons. The third-order valence-corrected chi connectivity index (χ3v) is 4.21. The van der Waals surface area contributed by atoms with Crippen LogP contribution in [0.25, 0.3) is 0 Å². The molecule has 0 aliphatic heterocycles. The number of sulfone groups is 1. The second-order valence-electron chi connectivity index (χ2n) is 3.67. The lowest BCUT2D eigenvalue weighted by Gasteiger charge is -2.08. The van der Waals surface area contributed by atoms with Gasteiger partial charge in [0.25, 0.3) is 0 Å². The van der Waals surface area contributed by atoms with E-state index in [4.69, 9.17) is 5.11 Å². The lowest BCUT2D eigenvalue weighted by molar-refractivity contribution is -0.134. The van der Waals surface area contributed by atoms with Crippen molar-refractivity contribution < 1.29 is 31.1 Å². The molecule has 1 aromatic rings. The zero-order valence-corrected chi connectivity index (χ0v) is 11.3. The van der Waals surface area contributed by atoms with Gasteiger partial charge in [0.15, 0.2) is 15.6 Å². The predicted octanol–water partition coefficient (Wildman–Crippen LogP) is 0.0555. The van der Waals surface area contributed by atoms with Crippen molar-refractivity contribution in [1.29, 1.82) is 0 Å². The van der Waals surface area contributed by atoms with Crippen LogP contribution in [0.3, 0.4) is 0 Å². The van der Waals surface area contributed by atoms with E-state index in [2.05, 4.69) is 0 Å². The Morgan fingerprint density at radius 2 is 1.89 bits per heavy atom. The molecule has 0 bridgehead atoms. The van der Waals surface area contributed by atoms with Gasteiger partial charge in [0.05, 0.1) is 10.6 Å². The summed E-state index contributed by atoms with van der Waals surface area (Å²) in [4.78, 5) is 10.0. The van der Waals surface area contributed by atoms with Crippen LogP contribution in [-0.2, 0) is 24.7 Å². The summed E-state index contributed by atoms with van der Waals surface area (Å²) in [6.07, 6.45) is 0.871. The molecule has 19 heavy (non-hydrogen) atoms. The first kappa shape index (κ1) is 15.4. The average Bonchev–Trinajstić information content (AvgIpc) is 2.17. The van der Waals surface area contributed by atoms with Gasteiger partial charge in [0.2, 0.25) is 10.0 Å². The van der Waals surface area contributed by atoms with Crippen LogP contribution in [-0.4, -0.2) is 39.9 Å². The highest BCUT2D eigenvalue weighted by Crippen LogP contribution is 2.20. The molecular formula is C9H10FNO6S2. The summed E-state index contributed by atoms with van der Waals surface area (Å²) in [7, 11) is -7.94. The van der Waals surface area contributed by atoms with Gasteiger partial charge in [0, 0.05) is 6.26 Å². The normalized spacial score (nSPS) is 12.1. The molecular weight excluding hydrogens is 301 g/mol. The average molecular weight is 311 g/mol. The quantitative estimate of drug-likeness (QED) is 0.742. The number of carboxylic acid groups (broad SMARTS) is 1. The van der Waals surface area contributed by atoms with Crippen LogP contribution in [0.2, 0.25) is 0 Å². The van der Waals surface area contributed by atoms with Gasteiger partial charge < -0.3 is 5.11 Å². The van der Waals surface area contributed by atoms with Crippen LogP contribution >= 0.6 is 0 Å². The van der Waals surface area contributed by atoms with E-state index in [0.29, 0.717) is 0 Å². The third-order valence-electron chi connectivity index (χ3n) is 1.94. The molecule has 0 aliphatic carbocycles. The largest absolute Gasteiger partial charge is 0.480 e. The van der Waals surface area contributed by atoms with Crippen molar-refractivity contribution >= 4 is 31.5 Å². The maximum atomic E-state index is 13.4. The van der Waals surface area contributed by atoms with Gasteiger partial charge >= 0.3 is 5.97 Å². The van der Waals surface area contributed by atoms with Gasteiger partial charge in [0.1, 0.15) is 5.82 Å². The zero-order valence-electron chi connectivity index (χ0n) is 9.62. The zero-order chi connectivity index (χ0) is 14.8. The van der Waals surface area contributed by atoms with Crippen LogP contribution in [0.4, 0.5) is 10.1 Å². The van der Waals surface area contributed by atoms with Crippen LogP contribution in [0.5, 0.6) is 0 Å². The van der Waals surface area contributed by atoms with Crippen LogP contribution in [0, 0.1) is 5.82 Å². The van der Waals surface area contributed by atoms with E-state index >= 15 is 0 Å². The fraction of sp³-hybridized carbons (Fsp3) is 0.222. The van der Waals surface area contributed by atoms with Crippen LogP contribution in [0.15, 0.2) is 23.1 Å². The topological polar surface area (TPSA) is 118 Å². The number of nitrogens with one attached hydrogen (secondary N) is 1. The highest BCUT2D eigenvalue weighted by atomic mass is 32.2. The fourth-order valence-electron chi connectivity index (χ4n) is 1.18. The summed E-state index contributed by atoms with van der Waals surface area (Å²) in [6.45, 7) is 0. The van der Waals surface area contributed by atoms with E-state index in [1.54, 1.807) is 4.72 Å². The van der Waals surface area contributed by atoms with E-state index in [1.807, 2.05) is 0 Å². The SMILES string of the molecule is CS(=O)(=O)c1ccc(F)c(NS(=O)(=O)CC(=O)O)c1. The summed E-state index contributed by atoms with van der Waals surface area (Å²) in [5, 5.41) is 8.37. The summed E-state index contributed by atoms with van der Waals surface area (Å²) in [5.74, 6) is -3.89. The Balaban J connectivity index is 3.18.